The minimum Gasteiger partial charge on any atom is -0.463 e. The highest BCUT2D eigenvalue weighted by Gasteiger charge is 2.23. The van der Waals surface area contributed by atoms with Gasteiger partial charge in [-0.15, -0.1) is 11.3 Å². The van der Waals surface area contributed by atoms with Gasteiger partial charge in [-0.05, 0) is 18.2 Å². The van der Waals surface area contributed by atoms with Gasteiger partial charge >= 0.3 is 0 Å². The van der Waals surface area contributed by atoms with E-state index in [2.05, 4.69) is 143 Å². The molecule has 0 radical (unpaired) electrons. The Morgan fingerprint density at radius 3 is 1.33 bits per heavy atom. The van der Waals surface area contributed by atoms with Crippen LogP contribution in [0, 0.1) is 0 Å². The van der Waals surface area contributed by atoms with Gasteiger partial charge in [-0.1, -0.05) is 149 Å². The van der Waals surface area contributed by atoms with Gasteiger partial charge < -0.3 is 9.05 Å². The zero-order valence-electron chi connectivity index (χ0n) is 22.4. The maximum absolute atomic E-state index is 6.98. The molecule has 0 amide bonds. The Labute approximate surface area is 260 Å². The van der Waals surface area contributed by atoms with Crippen molar-refractivity contribution in [3.63, 3.8) is 0 Å². The molecule has 0 aliphatic carbocycles. The van der Waals surface area contributed by atoms with Crippen LogP contribution in [0.5, 0.6) is 11.5 Å². The predicted molar refractivity (Wildman–Crippen MR) is 186 cm³/mol. The minimum absolute atomic E-state index is 0.874. The summed E-state index contributed by atoms with van der Waals surface area (Å²) in [4.78, 5) is 0. The van der Waals surface area contributed by atoms with Gasteiger partial charge in [0.1, 0.15) is 11.5 Å². The first-order valence-electron chi connectivity index (χ1n) is 13.6. The summed E-state index contributed by atoms with van der Waals surface area (Å²) in [5.41, 5.74) is 0. The molecule has 0 atom stereocenters. The van der Waals surface area contributed by atoms with E-state index in [0.717, 1.165) is 30.8 Å². The number of thiophene rings is 1. The maximum Gasteiger partial charge on any atom is 0.150 e. The second-order valence-electron chi connectivity index (χ2n) is 9.63. The summed E-state index contributed by atoms with van der Waals surface area (Å²) in [6, 6.07) is 52.7. The smallest absolute Gasteiger partial charge is 0.150 e. The van der Waals surface area contributed by atoms with Gasteiger partial charge in [-0.2, -0.15) is 0 Å². The molecular formula is C36H25BrO2P2S. The summed E-state index contributed by atoms with van der Waals surface area (Å²) < 4.78 is 17.2. The number of halogens is 1. The van der Waals surface area contributed by atoms with Crippen LogP contribution in [-0.2, 0) is 0 Å². The lowest BCUT2D eigenvalue weighted by Gasteiger charge is -2.20. The van der Waals surface area contributed by atoms with Crippen LogP contribution in [0.15, 0.2) is 156 Å². The molecule has 2 nitrogen and oxygen atoms in total. The second-order valence-corrected chi connectivity index (χ2v) is 15.2. The van der Waals surface area contributed by atoms with Crippen LogP contribution < -0.4 is 30.3 Å². The van der Waals surface area contributed by atoms with Crippen LogP contribution in [0.25, 0.3) is 20.2 Å². The fourth-order valence-corrected chi connectivity index (χ4v) is 10.1. The number of hydrogen-bond acceptors (Lipinski definition) is 3. The van der Waals surface area contributed by atoms with Gasteiger partial charge in [0, 0.05) is 36.5 Å². The molecule has 6 heteroatoms. The highest BCUT2D eigenvalue weighted by Crippen LogP contribution is 2.50. The molecule has 0 saturated heterocycles. The van der Waals surface area contributed by atoms with E-state index in [4.69, 9.17) is 9.05 Å². The molecule has 204 valence electrons. The molecule has 6 aromatic carbocycles. The third-order valence-electron chi connectivity index (χ3n) is 6.83. The largest absolute Gasteiger partial charge is 0.463 e. The Kier molecular flexibility index (Phi) is 8.05. The van der Waals surface area contributed by atoms with Gasteiger partial charge in [-0.3, -0.25) is 0 Å². The van der Waals surface area contributed by atoms with Gasteiger partial charge in [0.25, 0.3) is 0 Å². The standard InChI is InChI=1S/C36H25BrO2P2S/c37-26-24-32-31-22-13-23-33(38-40(27-14-5-1-6-15-27)28-16-7-2-8-17-28)35(31)42-36(32)34(25-26)39-41(29-18-9-3-10-19-29)30-20-11-4-12-21-30/h1-25H. The molecule has 0 fully saturated rings. The van der Waals surface area contributed by atoms with Gasteiger partial charge in [0.15, 0.2) is 16.3 Å². The number of hydrogen-bond donors (Lipinski definition) is 0. The Bertz CT molecular complexity index is 1870. The van der Waals surface area contributed by atoms with Crippen molar-refractivity contribution in [1.29, 1.82) is 0 Å². The van der Waals surface area contributed by atoms with Crippen LogP contribution in [-0.4, -0.2) is 0 Å². The lowest BCUT2D eigenvalue weighted by molar-refractivity contribution is 0.638. The normalized spacial score (nSPS) is 11.4. The van der Waals surface area contributed by atoms with Crippen molar-refractivity contribution >= 4 is 85.0 Å². The quantitative estimate of drug-likeness (QED) is 0.151. The Morgan fingerprint density at radius 1 is 0.429 bits per heavy atom. The van der Waals surface area contributed by atoms with Crippen molar-refractivity contribution < 1.29 is 9.05 Å². The molecule has 42 heavy (non-hydrogen) atoms. The third kappa shape index (κ3) is 5.61. The minimum atomic E-state index is -1.07. The molecule has 0 bridgehead atoms. The Balaban J connectivity index is 1.34. The van der Waals surface area contributed by atoms with E-state index in [1.807, 2.05) is 24.3 Å². The number of benzene rings is 6. The van der Waals surface area contributed by atoms with E-state index in [9.17, 15) is 0 Å². The van der Waals surface area contributed by atoms with E-state index in [1.54, 1.807) is 11.3 Å². The van der Waals surface area contributed by atoms with Crippen molar-refractivity contribution in [3.8, 4) is 11.5 Å². The predicted octanol–water partition coefficient (Wildman–Crippen LogP) is 9.67. The van der Waals surface area contributed by atoms with Crippen molar-refractivity contribution in [1.82, 2.24) is 0 Å². The average Bonchev–Trinajstić information content (AvgIpc) is 3.43. The molecule has 1 aromatic heterocycles. The van der Waals surface area contributed by atoms with E-state index in [-0.39, 0.29) is 0 Å². The first-order chi connectivity index (χ1) is 20.7. The summed E-state index contributed by atoms with van der Waals surface area (Å²) in [5, 5.41) is 7.03. The van der Waals surface area contributed by atoms with E-state index >= 15 is 0 Å². The Hall–Kier alpha value is -3.52. The third-order valence-corrected chi connectivity index (χ3v) is 12.4. The molecular weight excluding hydrogens is 638 g/mol. The summed E-state index contributed by atoms with van der Waals surface area (Å²) in [6.07, 6.45) is 0. The lowest BCUT2D eigenvalue weighted by Crippen LogP contribution is -2.15. The zero-order valence-corrected chi connectivity index (χ0v) is 26.6. The van der Waals surface area contributed by atoms with Gasteiger partial charge in [0.2, 0.25) is 0 Å². The second kappa shape index (κ2) is 12.4. The zero-order chi connectivity index (χ0) is 28.3. The van der Waals surface area contributed by atoms with Gasteiger partial charge in [0.05, 0.1) is 9.40 Å². The fraction of sp³-hybridized carbons (Fsp3) is 0. The summed E-state index contributed by atoms with van der Waals surface area (Å²) >= 11 is 5.52. The van der Waals surface area contributed by atoms with Crippen LogP contribution in [0.3, 0.4) is 0 Å². The van der Waals surface area contributed by atoms with Crippen LogP contribution in [0.2, 0.25) is 0 Å². The first kappa shape index (κ1) is 27.3. The maximum atomic E-state index is 6.98. The van der Waals surface area contributed by atoms with Crippen LogP contribution >= 0.6 is 43.6 Å². The molecule has 0 N–H and O–H groups in total. The highest BCUT2D eigenvalue weighted by molar-refractivity contribution is 9.10. The molecule has 7 aromatic rings. The molecule has 0 saturated carbocycles. The monoisotopic (exact) mass is 662 g/mol. The summed E-state index contributed by atoms with van der Waals surface area (Å²) in [5.74, 6) is 1.77. The number of rotatable bonds is 8. The molecule has 0 aliphatic rings. The molecule has 1 heterocycles. The average molecular weight is 664 g/mol. The Morgan fingerprint density at radius 2 is 0.857 bits per heavy atom. The van der Waals surface area contributed by atoms with Crippen LogP contribution in [0.4, 0.5) is 0 Å². The van der Waals surface area contributed by atoms with Crippen molar-refractivity contribution in [2.75, 3.05) is 0 Å². The summed E-state index contributed by atoms with van der Waals surface area (Å²) in [6.45, 7) is 0. The summed E-state index contributed by atoms with van der Waals surface area (Å²) in [7, 11) is -2.12. The highest BCUT2D eigenvalue weighted by atomic mass is 79.9. The fourth-order valence-electron chi connectivity index (χ4n) is 4.91. The first-order valence-corrected chi connectivity index (χ1v) is 17.7. The molecule has 7 rings (SSSR count). The van der Waals surface area contributed by atoms with E-state index in [1.165, 1.54) is 26.6 Å². The number of fused-ring (bicyclic) bond motifs is 3. The lowest BCUT2D eigenvalue weighted by atomic mass is 10.1. The van der Waals surface area contributed by atoms with Crippen molar-refractivity contribution in [2.45, 2.75) is 0 Å². The van der Waals surface area contributed by atoms with E-state index < -0.39 is 16.3 Å². The molecule has 0 aliphatic heterocycles. The molecule has 0 spiro atoms. The SMILES string of the molecule is Brc1cc(OP(c2ccccc2)c2ccccc2)c2sc3c(OP(c4ccccc4)c4ccccc4)cccc3c2c1. The molecule has 0 unspecified atom stereocenters. The van der Waals surface area contributed by atoms with Crippen LogP contribution in [0.1, 0.15) is 0 Å². The van der Waals surface area contributed by atoms with Gasteiger partial charge in [-0.25, -0.2) is 0 Å². The topological polar surface area (TPSA) is 18.5 Å². The van der Waals surface area contributed by atoms with Crippen molar-refractivity contribution in [3.05, 3.63) is 156 Å². The van der Waals surface area contributed by atoms with Crippen molar-refractivity contribution in [2.24, 2.45) is 0 Å². The van der Waals surface area contributed by atoms with E-state index in [0.29, 0.717) is 0 Å².